The summed E-state index contributed by atoms with van der Waals surface area (Å²) in [6, 6.07) is 6.01. The standard InChI is InChI=1S/C18H18N4O2/c1-11-13(20-10-19-11)9-21-6-5-14-16(18(21)23)12-3-2-4-15-17(12)22(14)7-8-24-15/h2-4,10H,5-9H2,1H3,(H,19,20)/p+1. The molecule has 0 aliphatic carbocycles. The van der Waals surface area contributed by atoms with Crippen LogP contribution in [-0.2, 0) is 19.5 Å². The molecule has 0 saturated heterocycles. The molecular weight excluding hydrogens is 304 g/mol. The summed E-state index contributed by atoms with van der Waals surface area (Å²) in [7, 11) is 0. The molecule has 0 saturated carbocycles. The van der Waals surface area contributed by atoms with Gasteiger partial charge in [-0.3, -0.25) is 4.79 Å². The highest BCUT2D eigenvalue weighted by Gasteiger charge is 2.33. The summed E-state index contributed by atoms with van der Waals surface area (Å²) < 4.78 is 8.07. The lowest BCUT2D eigenvalue weighted by molar-refractivity contribution is -0.390. The lowest BCUT2D eigenvalue weighted by Gasteiger charge is -2.27. The molecular formula is C18H19N4O2+. The van der Waals surface area contributed by atoms with Crippen molar-refractivity contribution in [3.8, 4) is 5.75 Å². The summed E-state index contributed by atoms with van der Waals surface area (Å²) in [6.07, 6.45) is 2.70. The van der Waals surface area contributed by atoms with Gasteiger partial charge in [0.25, 0.3) is 5.91 Å². The second-order valence-electron chi connectivity index (χ2n) is 6.49. The molecule has 0 unspecified atom stereocenters. The van der Waals surface area contributed by atoms with E-state index in [1.54, 1.807) is 0 Å². The number of hydrogen-bond donors (Lipinski definition) is 1. The van der Waals surface area contributed by atoms with Gasteiger partial charge in [0.1, 0.15) is 18.1 Å². The van der Waals surface area contributed by atoms with E-state index in [-0.39, 0.29) is 5.91 Å². The quantitative estimate of drug-likeness (QED) is 0.780. The minimum absolute atomic E-state index is 0.119. The van der Waals surface area contributed by atoms with E-state index in [9.17, 15) is 4.79 Å². The SMILES string of the molecule is Cc1[nH]c[nH+]c1CN1CCc2c(c3cccc4c3n2CCO4)C1=O. The van der Waals surface area contributed by atoms with Crippen molar-refractivity contribution in [1.29, 1.82) is 0 Å². The molecule has 4 heterocycles. The molecule has 24 heavy (non-hydrogen) atoms. The third-order valence-electron chi connectivity index (χ3n) is 5.18. The fraction of sp³-hybridized carbons (Fsp3) is 0.333. The number of carbonyl (C=O) groups excluding carboxylic acids is 1. The molecule has 122 valence electrons. The number of ether oxygens (including phenoxy) is 1. The number of aryl methyl sites for hydroxylation is 1. The highest BCUT2D eigenvalue weighted by Crippen LogP contribution is 2.37. The van der Waals surface area contributed by atoms with Crippen molar-refractivity contribution in [3.63, 3.8) is 0 Å². The maximum atomic E-state index is 13.2. The van der Waals surface area contributed by atoms with Crippen LogP contribution >= 0.6 is 0 Å². The molecule has 0 fully saturated rings. The highest BCUT2D eigenvalue weighted by molar-refractivity contribution is 6.10. The second-order valence-corrected chi connectivity index (χ2v) is 6.49. The summed E-state index contributed by atoms with van der Waals surface area (Å²) in [5, 5.41) is 1.02. The van der Waals surface area contributed by atoms with E-state index in [2.05, 4.69) is 14.5 Å². The predicted molar refractivity (Wildman–Crippen MR) is 88.0 cm³/mol. The van der Waals surface area contributed by atoms with E-state index in [1.807, 2.05) is 36.4 Å². The zero-order valence-electron chi connectivity index (χ0n) is 13.6. The number of amides is 1. The monoisotopic (exact) mass is 323 g/mol. The van der Waals surface area contributed by atoms with Crippen LogP contribution in [0.1, 0.15) is 27.4 Å². The number of para-hydroxylation sites is 1. The number of nitrogens with zero attached hydrogens (tertiary/aromatic N) is 2. The van der Waals surface area contributed by atoms with Crippen LogP contribution in [0.5, 0.6) is 5.75 Å². The lowest BCUT2D eigenvalue weighted by Crippen LogP contribution is -2.38. The van der Waals surface area contributed by atoms with Crippen LogP contribution in [-0.4, -0.2) is 33.5 Å². The fourth-order valence-corrected chi connectivity index (χ4v) is 3.97. The van der Waals surface area contributed by atoms with Gasteiger partial charge in [-0.1, -0.05) is 12.1 Å². The topological polar surface area (TPSA) is 64.4 Å². The highest BCUT2D eigenvalue weighted by atomic mass is 16.5. The average Bonchev–Trinajstić information content (AvgIpc) is 3.15. The van der Waals surface area contributed by atoms with Crippen LogP contribution in [0.25, 0.3) is 10.9 Å². The van der Waals surface area contributed by atoms with Crippen molar-refractivity contribution < 1.29 is 14.5 Å². The first-order valence-corrected chi connectivity index (χ1v) is 8.34. The van der Waals surface area contributed by atoms with Gasteiger partial charge in [0.2, 0.25) is 6.33 Å². The minimum atomic E-state index is 0.119. The Morgan fingerprint density at radius 2 is 2.25 bits per heavy atom. The van der Waals surface area contributed by atoms with Gasteiger partial charge in [-0.05, 0) is 6.07 Å². The molecule has 6 nitrogen and oxygen atoms in total. The number of hydrogen-bond acceptors (Lipinski definition) is 2. The maximum Gasteiger partial charge on any atom is 0.256 e. The van der Waals surface area contributed by atoms with E-state index in [0.29, 0.717) is 13.2 Å². The first-order valence-electron chi connectivity index (χ1n) is 8.34. The third-order valence-corrected chi connectivity index (χ3v) is 5.18. The molecule has 0 atom stereocenters. The van der Waals surface area contributed by atoms with Crippen molar-refractivity contribution in [2.45, 2.75) is 26.4 Å². The molecule has 1 amide bonds. The molecule has 2 aromatic heterocycles. The number of carbonyl (C=O) groups is 1. The number of aromatic amines is 2. The lowest BCUT2D eigenvalue weighted by atomic mass is 10.0. The Balaban J connectivity index is 1.62. The van der Waals surface area contributed by atoms with Crippen LogP contribution in [0.3, 0.4) is 0 Å². The van der Waals surface area contributed by atoms with E-state index < -0.39 is 0 Å². The van der Waals surface area contributed by atoms with Crippen molar-refractivity contribution >= 4 is 16.8 Å². The first kappa shape index (κ1) is 13.7. The van der Waals surface area contributed by atoms with Crippen LogP contribution < -0.4 is 9.72 Å². The summed E-state index contributed by atoms with van der Waals surface area (Å²) >= 11 is 0. The average molecular weight is 323 g/mol. The number of imidazole rings is 1. The molecule has 5 rings (SSSR count). The smallest absolute Gasteiger partial charge is 0.256 e. The normalized spacial score (nSPS) is 16.4. The van der Waals surface area contributed by atoms with Gasteiger partial charge in [0.15, 0.2) is 5.69 Å². The number of fused-ring (bicyclic) bond motifs is 3. The van der Waals surface area contributed by atoms with Crippen molar-refractivity contribution in [2.75, 3.05) is 13.2 Å². The molecule has 2 aliphatic rings. The van der Waals surface area contributed by atoms with Gasteiger partial charge in [-0.25, -0.2) is 9.97 Å². The first-order chi connectivity index (χ1) is 11.7. The molecule has 3 aromatic rings. The largest absolute Gasteiger partial charge is 0.490 e. The van der Waals surface area contributed by atoms with E-state index in [1.165, 1.54) is 0 Å². The summed E-state index contributed by atoms with van der Waals surface area (Å²) in [4.78, 5) is 21.4. The third kappa shape index (κ3) is 1.76. The van der Waals surface area contributed by atoms with Gasteiger partial charge >= 0.3 is 0 Å². The zero-order chi connectivity index (χ0) is 16.3. The van der Waals surface area contributed by atoms with Gasteiger partial charge in [0.05, 0.1) is 24.2 Å². The minimum Gasteiger partial charge on any atom is -0.490 e. The Kier molecular flexibility index (Phi) is 2.77. The molecule has 6 heteroatoms. The summed E-state index contributed by atoms with van der Waals surface area (Å²) in [5.74, 6) is 1.01. The molecule has 0 radical (unpaired) electrons. The molecule has 0 spiro atoms. The Labute approximate surface area is 139 Å². The Morgan fingerprint density at radius 3 is 3.08 bits per heavy atom. The van der Waals surface area contributed by atoms with Crippen LogP contribution in [0, 0.1) is 6.92 Å². The van der Waals surface area contributed by atoms with E-state index in [4.69, 9.17) is 4.74 Å². The van der Waals surface area contributed by atoms with Gasteiger partial charge < -0.3 is 14.2 Å². The number of H-pyrrole nitrogens is 2. The molecule has 2 N–H and O–H groups in total. The number of nitrogens with one attached hydrogen (secondary N) is 2. The Bertz CT molecular complexity index is 969. The van der Waals surface area contributed by atoms with Gasteiger partial charge in [0, 0.05) is 31.0 Å². The summed E-state index contributed by atoms with van der Waals surface area (Å²) in [5.41, 5.74) is 5.23. The van der Waals surface area contributed by atoms with Crippen LogP contribution in [0.2, 0.25) is 0 Å². The Morgan fingerprint density at radius 1 is 1.33 bits per heavy atom. The predicted octanol–water partition coefficient (Wildman–Crippen LogP) is 1.68. The van der Waals surface area contributed by atoms with Gasteiger partial charge in [-0.2, -0.15) is 0 Å². The van der Waals surface area contributed by atoms with E-state index >= 15 is 0 Å². The van der Waals surface area contributed by atoms with E-state index in [0.717, 1.165) is 58.8 Å². The zero-order valence-corrected chi connectivity index (χ0v) is 13.6. The second kappa shape index (κ2) is 4.87. The molecule has 0 bridgehead atoms. The van der Waals surface area contributed by atoms with Crippen molar-refractivity contribution in [2.24, 2.45) is 0 Å². The molecule has 2 aliphatic heterocycles. The van der Waals surface area contributed by atoms with Crippen LogP contribution in [0.4, 0.5) is 0 Å². The summed E-state index contributed by atoms with van der Waals surface area (Å²) in [6.45, 7) is 4.86. The number of benzene rings is 1. The molecule has 1 aromatic carbocycles. The number of aromatic nitrogens is 3. The Hall–Kier alpha value is -2.76. The van der Waals surface area contributed by atoms with Crippen LogP contribution in [0.15, 0.2) is 24.5 Å². The van der Waals surface area contributed by atoms with Gasteiger partial charge in [-0.15, -0.1) is 0 Å². The van der Waals surface area contributed by atoms with Crippen molar-refractivity contribution in [1.82, 2.24) is 14.5 Å². The van der Waals surface area contributed by atoms with Crippen molar-refractivity contribution in [3.05, 3.63) is 47.2 Å². The number of rotatable bonds is 2. The fourth-order valence-electron chi connectivity index (χ4n) is 3.97. The maximum absolute atomic E-state index is 13.2.